The summed E-state index contributed by atoms with van der Waals surface area (Å²) < 4.78 is 0. The molecule has 2 N–H and O–H groups in total. The topological polar surface area (TPSA) is 74.6 Å². The molecule has 0 amide bonds. The first-order valence-electron chi connectivity index (χ1n) is 6.50. The van der Waals surface area contributed by atoms with Gasteiger partial charge in [0.05, 0.1) is 11.1 Å². The summed E-state index contributed by atoms with van der Waals surface area (Å²) in [5.74, 6) is -1.91. The lowest BCUT2D eigenvalue weighted by Gasteiger charge is -2.26. The molecule has 116 valence electrons. The Labute approximate surface area is 134 Å². The summed E-state index contributed by atoms with van der Waals surface area (Å²) in [4.78, 5) is 21.8. The van der Waals surface area contributed by atoms with E-state index in [-0.39, 0.29) is 28.9 Å². The molecule has 0 spiro atoms. The molecule has 0 aromatic heterocycles. The number of rotatable bonds is 4. The molecule has 5 heteroatoms. The monoisotopic (exact) mass is 320 g/mol. The Morgan fingerprint density at radius 1 is 0.727 bits per heavy atom. The predicted molar refractivity (Wildman–Crippen MR) is 86.2 cm³/mol. The van der Waals surface area contributed by atoms with Gasteiger partial charge in [-0.15, -0.1) is 12.4 Å². The number of halogens is 1. The largest absolute Gasteiger partial charge is 0.478 e. The highest BCUT2D eigenvalue weighted by Crippen LogP contribution is 2.31. The molecular formula is C17H17ClO4. The molecule has 0 heterocycles. The Hall–Kier alpha value is -2.33. The molecule has 0 radical (unpaired) electrons. The molecule has 0 fully saturated rings. The summed E-state index contributed by atoms with van der Waals surface area (Å²) in [6.45, 7) is 4.02. The quantitative estimate of drug-likeness (QED) is 0.897. The molecule has 0 saturated carbocycles. The summed E-state index contributed by atoms with van der Waals surface area (Å²) in [5.41, 5.74) is 2.09. The first-order valence-corrected chi connectivity index (χ1v) is 6.50. The van der Waals surface area contributed by atoms with E-state index in [2.05, 4.69) is 0 Å². The zero-order chi connectivity index (χ0) is 15.6. The summed E-state index contributed by atoms with van der Waals surface area (Å²) in [6.07, 6.45) is 0. The number of carboxylic acids is 2. The maximum atomic E-state index is 10.9. The number of carboxylic acid groups (broad SMARTS) is 2. The van der Waals surface area contributed by atoms with Crippen LogP contribution in [0.2, 0.25) is 0 Å². The van der Waals surface area contributed by atoms with Crippen LogP contribution in [0.25, 0.3) is 0 Å². The third-order valence-electron chi connectivity index (χ3n) is 3.71. The van der Waals surface area contributed by atoms with E-state index in [1.807, 2.05) is 13.8 Å². The van der Waals surface area contributed by atoms with Crippen LogP contribution in [0.1, 0.15) is 45.7 Å². The van der Waals surface area contributed by atoms with E-state index in [4.69, 9.17) is 10.2 Å². The van der Waals surface area contributed by atoms with Crippen LogP contribution in [-0.4, -0.2) is 22.2 Å². The minimum Gasteiger partial charge on any atom is -0.478 e. The zero-order valence-corrected chi connectivity index (χ0v) is 13.1. The fourth-order valence-electron chi connectivity index (χ4n) is 2.23. The van der Waals surface area contributed by atoms with Crippen LogP contribution in [0, 0.1) is 0 Å². The fourth-order valence-corrected chi connectivity index (χ4v) is 2.23. The van der Waals surface area contributed by atoms with Crippen LogP contribution in [0.5, 0.6) is 0 Å². The SMILES string of the molecule is CC(C)(c1ccc(C(=O)O)cc1)c1ccc(C(=O)O)cc1.Cl. The lowest BCUT2D eigenvalue weighted by Crippen LogP contribution is -2.19. The van der Waals surface area contributed by atoms with E-state index in [1.54, 1.807) is 48.5 Å². The van der Waals surface area contributed by atoms with Crippen molar-refractivity contribution in [2.24, 2.45) is 0 Å². The average molecular weight is 321 g/mol. The third kappa shape index (κ3) is 3.46. The number of benzene rings is 2. The lowest BCUT2D eigenvalue weighted by molar-refractivity contribution is 0.0686. The normalized spacial score (nSPS) is 10.6. The van der Waals surface area contributed by atoms with Crippen molar-refractivity contribution in [2.75, 3.05) is 0 Å². The Morgan fingerprint density at radius 3 is 1.23 bits per heavy atom. The molecular weight excluding hydrogens is 304 g/mol. The van der Waals surface area contributed by atoms with Crippen LogP contribution in [0.3, 0.4) is 0 Å². The second-order valence-electron chi connectivity index (χ2n) is 5.39. The maximum absolute atomic E-state index is 10.9. The first-order chi connectivity index (χ1) is 9.82. The molecule has 2 aromatic rings. The van der Waals surface area contributed by atoms with Crippen molar-refractivity contribution in [1.82, 2.24) is 0 Å². The molecule has 0 bridgehead atoms. The number of aromatic carboxylic acids is 2. The number of hydrogen-bond donors (Lipinski definition) is 2. The Bertz CT molecular complexity index is 613. The van der Waals surface area contributed by atoms with Crippen molar-refractivity contribution in [3.05, 3.63) is 70.8 Å². The van der Waals surface area contributed by atoms with Crippen LogP contribution in [-0.2, 0) is 5.41 Å². The van der Waals surface area contributed by atoms with Crippen LogP contribution >= 0.6 is 12.4 Å². The van der Waals surface area contributed by atoms with Crippen molar-refractivity contribution in [3.63, 3.8) is 0 Å². The van der Waals surface area contributed by atoms with Gasteiger partial charge in [-0.1, -0.05) is 38.1 Å². The van der Waals surface area contributed by atoms with Gasteiger partial charge in [0.25, 0.3) is 0 Å². The minimum absolute atomic E-state index is 0. The van der Waals surface area contributed by atoms with Crippen molar-refractivity contribution in [2.45, 2.75) is 19.3 Å². The fraction of sp³-hybridized carbons (Fsp3) is 0.176. The Balaban J connectivity index is 0.00000242. The van der Waals surface area contributed by atoms with Crippen molar-refractivity contribution >= 4 is 24.3 Å². The van der Waals surface area contributed by atoms with Gasteiger partial charge in [-0.25, -0.2) is 9.59 Å². The molecule has 2 rings (SSSR count). The van der Waals surface area contributed by atoms with Crippen molar-refractivity contribution in [1.29, 1.82) is 0 Å². The van der Waals surface area contributed by atoms with Crippen molar-refractivity contribution < 1.29 is 19.8 Å². The van der Waals surface area contributed by atoms with Gasteiger partial charge in [-0.3, -0.25) is 0 Å². The summed E-state index contributed by atoms with van der Waals surface area (Å²) >= 11 is 0. The predicted octanol–water partition coefficient (Wildman–Crippen LogP) is 3.83. The van der Waals surface area contributed by atoms with Crippen LogP contribution < -0.4 is 0 Å². The first kappa shape index (κ1) is 17.7. The van der Waals surface area contributed by atoms with E-state index < -0.39 is 11.9 Å². The van der Waals surface area contributed by atoms with Crippen molar-refractivity contribution in [3.8, 4) is 0 Å². The molecule has 0 aliphatic rings. The van der Waals surface area contributed by atoms with Gasteiger partial charge in [0.15, 0.2) is 0 Å². The van der Waals surface area contributed by atoms with Gasteiger partial charge < -0.3 is 10.2 Å². The molecule has 0 atom stereocenters. The third-order valence-corrected chi connectivity index (χ3v) is 3.71. The molecule has 0 saturated heterocycles. The second-order valence-corrected chi connectivity index (χ2v) is 5.39. The number of carbonyl (C=O) groups is 2. The highest BCUT2D eigenvalue weighted by molar-refractivity contribution is 5.88. The minimum atomic E-state index is -0.954. The van der Waals surface area contributed by atoms with Gasteiger partial charge in [-0.05, 0) is 35.4 Å². The van der Waals surface area contributed by atoms with E-state index in [0.717, 1.165) is 11.1 Å². The standard InChI is InChI=1S/C17H16O4.ClH/c1-17(2,13-7-3-11(4-8-13)15(18)19)14-9-5-12(6-10-14)16(20)21;/h3-10H,1-2H3,(H,18,19)(H,20,21);1H. The summed E-state index contributed by atoms with van der Waals surface area (Å²) in [7, 11) is 0. The second kappa shape index (κ2) is 6.62. The maximum Gasteiger partial charge on any atom is 0.335 e. The molecule has 0 aliphatic heterocycles. The Kier molecular flexibility index (Phi) is 5.33. The Morgan fingerprint density at radius 2 is 1.00 bits per heavy atom. The van der Waals surface area contributed by atoms with Gasteiger partial charge in [0, 0.05) is 5.41 Å². The van der Waals surface area contributed by atoms with E-state index in [0.29, 0.717) is 0 Å². The zero-order valence-electron chi connectivity index (χ0n) is 12.2. The smallest absolute Gasteiger partial charge is 0.335 e. The lowest BCUT2D eigenvalue weighted by atomic mass is 9.78. The van der Waals surface area contributed by atoms with Gasteiger partial charge in [0.1, 0.15) is 0 Å². The van der Waals surface area contributed by atoms with E-state index in [9.17, 15) is 9.59 Å². The highest BCUT2D eigenvalue weighted by Gasteiger charge is 2.23. The molecule has 2 aromatic carbocycles. The summed E-state index contributed by atoms with van der Waals surface area (Å²) in [5, 5.41) is 17.8. The van der Waals surface area contributed by atoms with Crippen LogP contribution in [0.15, 0.2) is 48.5 Å². The summed E-state index contributed by atoms with van der Waals surface area (Å²) in [6, 6.07) is 13.4. The highest BCUT2D eigenvalue weighted by atomic mass is 35.5. The van der Waals surface area contributed by atoms with Gasteiger partial charge in [-0.2, -0.15) is 0 Å². The number of hydrogen-bond acceptors (Lipinski definition) is 2. The molecule has 22 heavy (non-hydrogen) atoms. The molecule has 4 nitrogen and oxygen atoms in total. The van der Waals surface area contributed by atoms with E-state index >= 15 is 0 Å². The molecule has 0 aliphatic carbocycles. The van der Waals surface area contributed by atoms with Gasteiger partial charge in [0.2, 0.25) is 0 Å². The van der Waals surface area contributed by atoms with E-state index in [1.165, 1.54) is 0 Å². The van der Waals surface area contributed by atoms with Crippen LogP contribution in [0.4, 0.5) is 0 Å². The molecule has 0 unspecified atom stereocenters. The van der Waals surface area contributed by atoms with Gasteiger partial charge >= 0.3 is 11.9 Å². The average Bonchev–Trinajstić information content (AvgIpc) is 2.47.